The Kier molecular flexibility index (Phi) is 2.23. The molecule has 0 radical (unpaired) electrons. The topological polar surface area (TPSA) is 43.1 Å². The number of nitrogens with zero attached hydrogens (tertiary/aromatic N) is 1. The largest absolute Gasteiger partial charge is 0.309 e. The van der Waals surface area contributed by atoms with Crippen molar-refractivity contribution >= 4 is 17.3 Å². The number of nitro benzene ring substituents is 1. The maximum absolute atomic E-state index is 12.6. The van der Waals surface area contributed by atoms with Crippen LogP contribution in [0.2, 0.25) is 5.02 Å². The van der Waals surface area contributed by atoms with E-state index in [2.05, 4.69) is 0 Å². The highest BCUT2D eigenvalue weighted by molar-refractivity contribution is 6.30. The van der Waals surface area contributed by atoms with Gasteiger partial charge in [-0.15, -0.1) is 0 Å². The molecule has 0 fully saturated rings. The highest BCUT2D eigenvalue weighted by Crippen LogP contribution is 2.24. The molecule has 1 aromatic rings. The van der Waals surface area contributed by atoms with Gasteiger partial charge in [-0.2, -0.15) is 4.39 Å². The normalized spacial score (nSPS) is 9.92. The molecule has 0 unspecified atom stereocenters. The van der Waals surface area contributed by atoms with Crippen LogP contribution in [-0.4, -0.2) is 4.92 Å². The summed E-state index contributed by atoms with van der Waals surface area (Å²) < 4.78 is 25.0. The number of rotatable bonds is 1. The fourth-order valence-corrected chi connectivity index (χ4v) is 0.874. The predicted octanol–water partition coefficient (Wildman–Crippen LogP) is 2.53. The predicted molar refractivity (Wildman–Crippen MR) is 38.0 cm³/mol. The summed E-state index contributed by atoms with van der Waals surface area (Å²) in [6.07, 6.45) is 0. The third-order valence-corrected chi connectivity index (χ3v) is 1.39. The number of hydrogen-bond donors (Lipinski definition) is 0. The van der Waals surface area contributed by atoms with Crippen molar-refractivity contribution in [3.63, 3.8) is 0 Å². The standard InChI is InChI=1S/C6H2ClF2NO2/c7-3-1-4(8)6(9)5(2-3)10(11)12/h1-2H. The van der Waals surface area contributed by atoms with Crippen molar-refractivity contribution in [3.05, 3.63) is 38.9 Å². The van der Waals surface area contributed by atoms with Gasteiger partial charge in [0.05, 0.1) is 9.95 Å². The molecule has 0 saturated carbocycles. The van der Waals surface area contributed by atoms with Crippen molar-refractivity contribution in [2.45, 2.75) is 0 Å². The van der Waals surface area contributed by atoms with Crippen molar-refractivity contribution < 1.29 is 13.7 Å². The molecule has 3 nitrogen and oxygen atoms in total. The van der Waals surface area contributed by atoms with Gasteiger partial charge in [0.2, 0.25) is 5.82 Å². The minimum absolute atomic E-state index is 0.208. The number of hydrogen-bond acceptors (Lipinski definition) is 2. The van der Waals surface area contributed by atoms with Crippen molar-refractivity contribution in [2.24, 2.45) is 0 Å². The van der Waals surface area contributed by atoms with E-state index in [0.717, 1.165) is 6.07 Å². The first-order valence-corrected chi connectivity index (χ1v) is 3.19. The van der Waals surface area contributed by atoms with E-state index in [1.54, 1.807) is 0 Å². The second kappa shape index (κ2) is 3.02. The van der Waals surface area contributed by atoms with Gasteiger partial charge in [0.1, 0.15) is 0 Å². The molecule has 1 rings (SSSR count). The summed E-state index contributed by atoms with van der Waals surface area (Å²) >= 11 is 5.26. The first kappa shape index (κ1) is 8.86. The third-order valence-electron chi connectivity index (χ3n) is 1.17. The number of nitro groups is 1. The Morgan fingerprint density at radius 1 is 1.42 bits per heavy atom. The van der Waals surface area contributed by atoms with Crippen molar-refractivity contribution in [2.75, 3.05) is 0 Å². The van der Waals surface area contributed by atoms with E-state index in [4.69, 9.17) is 11.6 Å². The summed E-state index contributed by atoms with van der Waals surface area (Å²) in [5, 5.41) is 9.86. The fourth-order valence-electron chi connectivity index (χ4n) is 0.675. The van der Waals surface area contributed by atoms with E-state index in [9.17, 15) is 18.9 Å². The Hall–Kier alpha value is -1.23. The van der Waals surface area contributed by atoms with Gasteiger partial charge < -0.3 is 0 Å². The van der Waals surface area contributed by atoms with Crippen LogP contribution in [0, 0.1) is 21.7 Å². The van der Waals surface area contributed by atoms with Crippen LogP contribution in [0.1, 0.15) is 0 Å². The van der Waals surface area contributed by atoms with E-state index in [1.807, 2.05) is 0 Å². The molecule has 1 aromatic carbocycles. The Morgan fingerprint density at radius 3 is 2.50 bits per heavy atom. The molecule has 0 heterocycles. The van der Waals surface area contributed by atoms with Crippen LogP contribution in [0.4, 0.5) is 14.5 Å². The summed E-state index contributed by atoms with van der Waals surface area (Å²) in [6.45, 7) is 0. The van der Waals surface area contributed by atoms with Gasteiger partial charge in [0.15, 0.2) is 5.82 Å². The molecule has 0 aliphatic heterocycles. The van der Waals surface area contributed by atoms with E-state index in [-0.39, 0.29) is 5.02 Å². The molecule has 64 valence electrons. The van der Waals surface area contributed by atoms with Crippen molar-refractivity contribution in [3.8, 4) is 0 Å². The molecular formula is C6H2ClF2NO2. The van der Waals surface area contributed by atoms with E-state index in [1.165, 1.54) is 0 Å². The molecular weight excluding hydrogens is 192 g/mol. The highest BCUT2D eigenvalue weighted by Gasteiger charge is 2.19. The van der Waals surface area contributed by atoms with Crippen LogP contribution in [0.5, 0.6) is 0 Å². The smallest absolute Gasteiger partial charge is 0.258 e. The zero-order chi connectivity index (χ0) is 9.30. The summed E-state index contributed by atoms with van der Waals surface area (Å²) in [5.41, 5.74) is -0.958. The lowest BCUT2D eigenvalue weighted by atomic mass is 10.3. The molecule has 12 heavy (non-hydrogen) atoms. The van der Waals surface area contributed by atoms with E-state index < -0.39 is 22.2 Å². The maximum Gasteiger partial charge on any atom is 0.309 e. The molecule has 0 amide bonds. The number of halogens is 3. The van der Waals surface area contributed by atoms with E-state index >= 15 is 0 Å². The Bertz CT molecular complexity index is 343. The monoisotopic (exact) mass is 193 g/mol. The average Bonchev–Trinajstić information content (AvgIpc) is 1.96. The molecule has 0 bridgehead atoms. The SMILES string of the molecule is O=[N+]([O-])c1cc(Cl)cc(F)c1F. The minimum Gasteiger partial charge on any atom is -0.258 e. The Labute approximate surface area is 70.7 Å². The molecule has 0 aromatic heterocycles. The summed E-state index contributed by atoms with van der Waals surface area (Å²) in [4.78, 5) is 9.03. The lowest BCUT2D eigenvalue weighted by Gasteiger charge is -1.95. The summed E-state index contributed by atoms with van der Waals surface area (Å²) in [6, 6.07) is 1.42. The molecule has 0 saturated heterocycles. The highest BCUT2D eigenvalue weighted by atomic mass is 35.5. The number of benzene rings is 1. The lowest BCUT2D eigenvalue weighted by molar-refractivity contribution is -0.387. The first-order valence-electron chi connectivity index (χ1n) is 2.81. The zero-order valence-corrected chi connectivity index (χ0v) is 6.31. The van der Waals surface area contributed by atoms with Gasteiger partial charge in [0.25, 0.3) is 0 Å². The Morgan fingerprint density at radius 2 is 2.00 bits per heavy atom. The second-order valence-electron chi connectivity index (χ2n) is 1.98. The maximum atomic E-state index is 12.6. The van der Waals surface area contributed by atoms with Gasteiger partial charge in [-0.05, 0) is 6.07 Å². The van der Waals surface area contributed by atoms with Crippen LogP contribution in [-0.2, 0) is 0 Å². The van der Waals surface area contributed by atoms with Crippen LogP contribution in [0.15, 0.2) is 12.1 Å². The fraction of sp³-hybridized carbons (Fsp3) is 0. The quantitative estimate of drug-likeness (QED) is 0.391. The van der Waals surface area contributed by atoms with Crippen molar-refractivity contribution in [1.82, 2.24) is 0 Å². The second-order valence-corrected chi connectivity index (χ2v) is 2.41. The molecule has 6 heteroatoms. The van der Waals surface area contributed by atoms with Gasteiger partial charge in [-0.3, -0.25) is 10.1 Å². The third kappa shape index (κ3) is 1.50. The van der Waals surface area contributed by atoms with Crippen LogP contribution in [0.3, 0.4) is 0 Å². The first-order chi connectivity index (χ1) is 5.52. The summed E-state index contributed by atoms with van der Waals surface area (Å²) in [7, 11) is 0. The molecule has 0 spiro atoms. The molecule has 0 N–H and O–H groups in total. The molecule has 0 aliphatic rings. The summed E-state index contributed by atoms with van der Waals surface area (Å²) in [5.74, 6) is -2.82. The van der Waals surface area contributed by atoms with Crippen LogP contribution < -0.4 is 0 Å². The van der Waals surface area contributed by atoms with E-state index in [0.29, 0.717) is 6.07 Å². The lowest BCUT2D eigenvalue weighted by Crippen LogP contribution is -1.95. The van der Waals surface area contributed by atoms with Crippen molar-refractivity contribution in [1.29, 1.82) is 0 Å². The van der Waals surface area contributed by atoms with Gasteiger partial charge >= 0.3 is 5.69 Å². The van der Waals surface area contributed by atoms with Gasteiger partial charge in [0, 0.05) is 6.07 Å². The van der Waals surface area contributed by atoms with Crippen LogP contribution >= 0.6 is 11.6 Å². The van der Waals surface area contributed by atoms with Gasteiger partial charge in [-0.1, -0.05) is 11.6 Å². The zero-order valence-electron chi connectivity index (χ0n) is 5.55. The molecule has 0 aliphatic carbocycles. The van der Waals surface area contributed by atoms with Crippen LogP contribution in [0.25, 0.3) is 0 Å². The minimum atomic E-state index is -1.50. The molecule has 0 atom stereocenters. The Balaban J connectivity index is 3.37. The average molecular weight is 194 g/mol. The van der Waals surface area contributed by atoms with Gasteiger partial charge in [-0.25, -0.2) is 4.39 Å².